The van der Waals surface area contributed by atoms with Gasteiger partial charge in [-0.05, 0) is 47.9 Å². The van der Waals surface area contributed by atoms with Gasteiger partial charge in [-0.1, -0.05) is 35.6 Å². The largest absolute Gasteiger partial charge is 0.497 e. The molecule has 0 aliphatic heterocycles. The zero-order valence-electron chi connectivity index (χ0n) is 17.2. The van der Waals surface area contributed by atoms with Crippen molar-refractivity contribution in [3.63, 3.8) is 0 Å². The molecule has 0 atom stereocenters. The van der Waals surface area contributed by atoms with Crippen LogP contribution in [0.1, 0.15) is 21.5 Å². The minimum Gasteiger partial charge on any atom is -0.497 e. The Hall–Kier alpha value is -3.52. The van der Waals surface area contributed by atoms with Gasteiger partial charge >= 0.3 is 5.97 Å². The van der Waals surface area contributed by atoms with E-state index in [4.69, 9.17) is 9.84 Å². The minimum absolute atomic E-state index is 0.212. The predicted molar refractivity (Wildman–Crippen MR) is 121 cm³/mol. The molecule has 0 unspecified atom stereocenters. The molecule has 0 aliphatic carbocycles. The highest BCUT2D eigenvalue weighted by Gasteiger charge is 2.16. The molecule has 3 aromatic carbocycles. The predicted octanol–water partition coefficient (Wildman–Crippen LogP) is 5.53. The zero-order valence-corrected chi connectivity index (χ0v) is 18.0. The summed E-state index contributed by atoms with van der Waals surface area (Å²) in [6, 6.07) is 16.7. The number of carboxylic acids is 1. The van der Waals surface area contributed by atoms with E-state index >= 15 is 0 Å². The van der Waals surface area contributed by atoms with Crippen molar-refractivity contribution in [3.8, 4) is 5.75 Å². The molecule has 1 N–H and O–H groups in total. The lowest BCUT2D eigenvalue weighted by molar-refractivity contribution is 0.0697. The second kappa shape index (κ2) is 9.32. The highest BCUT2D eigenvalue weighted by molar-refractivity contribution is 7.22. The summed E-state index contributed by atoms with van der Waals surface area (Å²) in [6.45, 7) is 1.08. The summed E-state index contributed by atoms with van der Waals surface area (Å²) in [6.07, 6.45) is 0.718. The summed E-state index contributed by atoms with van der Waals surface area (Å²) < 4.78 is 33.1. The molecule has 0 spiro atoms. The first kappa shape index (κ1) is 21.7. The lowest BCUT2D eigenvalue weighted by Gasteiger charge is -2.22. The number of carboxylic acid groups (broad SMARTS) is 1. The Morgan fingerprint density at radius 1 is 1.03 bits per heavy atom. The van der Waals surface area contributed by atoms with Crippen molar-refractivity contribution in [3.05, 3.63) is 89.0 Å². The van der Waals surface area contributed by atoms with Crippen molar-refractivity contribution in [2.45, 2.75) is 13.0 Å². The molecular formula is C24H20F2N2O3S. The van der Waals surface area contributed by atoms with Crippen LogP contribution in [0.3, 0.4) is 0 Å². The van der Waals surface area contributed by atoms with Crippen LogP contribution in [0.4, 0.5) is 13.9 Å². The Balaban J connectivity index is 1.61. The molecule has 0 bridgehead atoms. The third-order valence-electron chi connectivity index (χ3n) is 5.09. The van der Waals surface area contributed by atoms with Gasteiger partial charge in [0, 0.05) is 19.2 Å². The summed E-state index contributed by atoms with van der Waals surface area (Å²) in [5.41, 5.74) is 2.63. The number of carbonyl (C=O) groups is 1. The Bertz CT molecular complexity index is 1200. The summed E-state index contributed by atoms with van der Waals surface area (Å²) >= 11 is 1.29. The first-order chi connectivity index (χ1) is 15.4. The van der Waals surface area contributed by atoms with E-state index in [0.29, 0.717) is 28.4 Å². The maximum atomic E-state index is 13.7. The van der Waals surface area contributed by atoms with E-state index in [2.05, 4.69) is 4.98 Å². The number of benzene rings is 3. The summed E-state index contributed by atoms with van der Waals surface area (Å²) in [5.74, 6) is -2.03. The molecule has 0 amide bonds. The average molecular weight is 454 g/mol. The SMILES string of the molecule is COc1ccc(CCN(Cc2ccc(C(=O)O)cc2)c2nc3cc(F)c(F)cc3s2)cc1. The first-order valence-electron chi connectivity index (χ1n) is 9.88. The van der Waals surface area contributed by atoms with Crippen LogP contribution in [0.15, 0.2) is 60.7 Å². The third kappa shape index (κ3) is 4.86. The lowest BCUT2D eigenvalue weighted by Crippen LogP contribution is -2.25. The van der Waals surface area contributed by atoms with Gasteiger partial charge in [-0.2, -0.15) is 0 Å². The molecule has 0 saturated heterocycles. The van der Waals surface area contributed by atoms with E-state index in [0.717, 1.165) is 35.4 Å². The normalized spacial score (nSPS) is 11.0. The van der Waals surface area contributed by atoms with Crippen molar-refractivity contribution in [1.82, 2.24) is 4.98 Å². The summed E-state index contributed by atoms with van der Waals surface area (Å²) in [7, 11) is 1.62. The number of nitrogens with zero attached hydrogens (tertiary/aromatic N) is 2. The zero-order chi connectivity index (χ0) is 22.7. The Kier molecular flexibility index (Phi) is 6.32. The Morgan fingerprint density at radius 3 is 2.34 bits per heavy atom. The Labute approximate surface area is 187 Å². The van der Waals surface area contributed by atoms with E-state index < -0.39 is 17.6 Å². The molecule has 0 aliphatic rings. The maximum absolute atomic E-state index is 13.7. The number of anilines is 1. The van der Waals surface area contributed by atoms with Gasteiger partial charge < -0.3 is 14.7 Å². The number of hydrogen-bond acceptors (Lipinski definition) is 5. The van der Waals surface area contributed by atoms with Crippen LogP contribution in [-0.4, -0.2) is 29.7 Å². The fourth-order valence-electron chi connectivity index (χ4n) is 3.32. The van der Waals surface area contributed by atoms with Gasteiger partial charge in [0.2, 0.25) is 0 Å². The van der Waals surface area contributed by atoms with Gasteiger partial charge in [-0.25, -0.2) is 18.6 Å². The second-order valence-corrected chi connectivity index (χ2v) is 8.26. The van der Waals surface area contributed by atoms with Crippen molar-refractivity contribution in [1.29, 1.82) is 0 Å². The number of aromatic carboxylic acids is 1. The minimum atomic E-state index is -0.983. The topological polar surface area (TPSA) is 62.7 Å². The summed E-state index contributed by atoms with van der Waals surface area (Å²) in [4.78, 5) is 17.7. The molecule has 5 nitrogen and oxygen atoms in total. The van der Waals surface area contributed by atoms with E-state index in [-0.39, 0.29) is 5.56 Å². The number of methoxy groups -OCH3 is 1. The van der Waals surface area contributed by atoms with Crippen molar-refractivity contribution in [2.24, 2.45) is 0 Å². The fraction of sp³-hybridized carbons (Fsp3) is 0.167. The number of rotatable bonds is 8. The Morgan fingerprint density at radius 2 is 1.69 bits per heavy atom. The molecule has 4 aromatic rings. The van der Waals surface area contributed by atoms with Crippen LogP contribution in [0.25, 0.3) is 10.2 Å². The monoisotopic (exact) mass is 454 g/mol. The van der Waals surface area contributed by atoms with Crippen LogP contribution in [0.5, 0.6) is 5.75 Å². The smallest absolute Gasteiger partial charge is 0.335 e. The molecule has 0 radical (unpaired) electrons. The molecule has 0 fully saturated rings. The average Bonchev–Trinajstić information content (AvgIpc) is 3.20. The van der Waals surface area contributed by atoms with Gasteiger partial charge in [0.1, 0.15) is 5.75 Å². The first-order valence-corrected chi connectivity index (χ1v) is 10.7. The fourth-order valence-corrected chi connectivity index (χ4v) is 4.32. The van der Waals surface area contributed by atoms with Gasteiger partial charge in [0.25, 0.3) is 0 Å². The van der Waals surface area contributed by atoms with Crippen molar-refractivity contribution >= 4 is 32.7 Å². The van der Waals surface area contributed by atoms with Gasteiger partial charge in [-0.3, -0.25) is 0 Å². The van der Waals surface area contributed by atoms with Crippen molar-refractivity contribution < 1.29 is 23.4 Å². The van der Waals surface area contributed by atoms with E-state index in [1.165, 1.54) is 11.3 Å². The molecule has 8 heteroatoms. The van der Waals surface area contributed by atoms with E-state index in [9.17, 15) is 13.6 Å². The van der Waals surface area contributed by atoms with Crippen LogP contribution in [0.2, 0.25) is 0 Å². The van der Waals surface area contributed by atoms with Crippen LogP contribution in [0, 0.1) is 11.6 Å². The second-order valence-electron chi connectivity index (χ2n) is 7.25. The molecule has 32 heavy (non-hydrogen) atoms. The van der Waals surface area contributed by atoms with Crippen LogP contribution in [-0.2, 0) is 13.0 Å². The quantitative estimate of drug-likeness (QED) is 0.379. The number of aromatic nitrogens is 1. The maximum Gasteiger partial charge on any atom is 0.335 e. The lowest BCUT2D eigenvalue weighted by atomic mass is 10.1. The van der Waals surface area contributed by atoms with Crippen LogP contribution >= 0.6 is 11.3 Å². The molecule has 4 rings (SSSR count). The van der Waals surface area contributed by atoms with Gasteiger partial charge in [0.15, 0.2) is 16.8 Å². The number of thiazole rings is 1. The molecule has 164 valence electrons. The number of ether oxygens (including phenoxy) is 1. The van der Waals surface area contributed by atoms with Crippen molar-refractivity contribution in [2.75, 3.05) is 18.6 Å². The third-order valence-corrected chi connectivity index (χ3v) is 6.17. The standard InChI is InChI=1S/C24H20F2N2O3S/c1-31-18-8-4-15(5-9-18)10-11-28(14-16-2-6-17(7-3-16)23(29)30)24-27-21-12-19(25)20(26)13-22(21)32-24/h2-9,12-13H,10-11,14H2,1H3,(H,29,30). The molecule has 1 aromatic heterocycles. The molecular weight excluding hydrogens is 434 g/mol. The van der Waals surface area contributed by atoms with Gasteiger partial charge in [-0.15, -0.1) is 0 Å². The summed E-state index contributed by atoms with van der Waals surface area (Å²) in [5, 5.41) is 9.76. The highest BCUT2D eigenvalue weighted by atomic mass is 32.1. The molecule has 1 heterocycles. The van der Waals surface area contributed by atoms with Crippen LogP contribution < -0.4 is 9.64 Å². The highest BCUT2D eigenvalue weighted by Crippen LogP contribution is 2.31. The van der Waals surface area contributed by atoms with E-state index in [1.807, 2.05) is 29.2 Å². The van der Waals surface area contributed by atoms with E-state index in [1.54, 1.807) is 31.4 Å². The number of halogens is 2. The number of hydrogen-bond donors (Lipinski definition) is 1. The van der Waals surface area contributed by atoms with Gasteiger partial charge in [0.05, 0.1) is 22.9 Å². The number of fused-ring (bicyclic) bond motifs is 1. The molecule has 0 saturated carbocycles.